The van der Waals surface area contributed by atoms with Crippen LogP contribution in [0.15, 0.2) is 42.5 Å². The van der Waals surface area contributed by atoms with Crippen molar-refractivity contribution in [2.45, 2.75) is 33.6 Å². The maximum absolute atomic E-state index is 12.8. The van der Waals surface area contributed by atoms with E-state index >= 15 is 0 Å². The first-order valence-corrected chi connectivity index (χ1v) is 8.88. The minimum absolute atomic E-state index is 0.160. The van der Waals surface area contributed by atoms with Gasteiger partial charge in [-0.25, -0.2) is 0 Å². The lowest BCUT2D eigenvalue weighted by Crippen LogP contribution is -2.36. The highest BCUT2D eigenvalue weighted by atomic mass is 16.2. The number of hydrogen-bond donors (Lipinski definition) is 3. The molecule has 6 nitrogen and oxygen atoms in total. The van der Waals surface area contributed by atoms with Gasteiger partial charge < -0.3 is 16.0 Å². The number of carbonyl (C=O) groups is 3. The summed E-state index contributed by atoms with van der Waals surface area (Å²) in [6.45, 7) is 5.29. The Bertz CT molecular complexity index is 879. The maximum Gasteiger partial charge on any atom is 0.240 e. The monoisotopic (exact) mass is 365 g/mol. The lowest BCUT2D eigenvalue weighted by molar-refractivity contribution is -0.131. The van der Waals surface area contributed by atoms with Gasteiger partial charge in [0.2, 0.25) is 17.7 Å². The maximum atomic E-state index is 12.8. The molecule has 1 aliphatic rings. The van der Waals surface area contributed by atoms with E-state index in [1.165, 1.54) is 6.92 Å². The van der Waals surface area contributed by atoms with Crippen LogP contribution in [-0.2, 0) is 14.4 Å². The van der Waals surface area contributed by atoms with Gasteiger partial charge in [-0.3, -0.25) is 14.4 Å². The second-order valence-electron chi connectivity index (χ2n) is 7.02. The van der Waals surface area contributed by atoms with Crippen LogP contribution >= 0.6 is 0 Å². The van der Waals surface area contributed by atoms with E-state index in [1.807, 2.05) is 32.0 Å². The molecule has 1 saturated carbocycles. The SMILES string of the molecule is CC(=O)Nc1ccc(NC(=O)C2(C(=O)Nc3c(C)cccc3C)CC2)cc1. The van der Waals surface area contributed by atoms with Crippen molar-refractivity contribution in [2.75, 3.05) is 16.0 Å². The molecule has 3 amide bonds. The standard InChI is InChI=1S/C21H23N3O3/c1-13-5-4-6-14(2)18(13)24-20(27)21(11-12-21)19(26)23-17-9-7-16(8-10-17)22-15(3)25/h4-10H,11-12H2,1-3H3,(H,22,25)(H,23,26)(H,24,27). The van der Waals surface area contributed by atoms with Crippen LogP contribution in [0, 0.1) is 19.3 Å². The third-order valence-electron chi connectivity index (χ3n) is 4.80. The highest BCUT2D eigenvalue weighted by Gasteiger charge is 2.56. The number of hydrogen-bond acceptors (Lipinski definition) is 3. The first-order chi connectivity index (χ1) is 12.8. The van der Waals surface area contributed by atoms with E-state index in [4.69, 9.17) is 0 Å². The molecule has 0 aliphatic heterocycles. The summed E-state index contributed by atoms with van der Waals surface area (Å²) in [5.41, 5.74) is 2.91. The molecule has 140 valence electrons. The van der Waals surface area contributed by atoms with Crippen molar-refractivity contribution < 1.29 is 14.4 Å². The van der Waals surface area contributed by atoms with Crippen LogP contribution in [0.2, 0.25) is 0 Å². The topological polar surface area (TPSA) is 87.3 Å². The summed E-state index contributed by atoms with van der Waals surface area (Å²) < 4.78 is 0. The third-order valence-corrected chi connectivity index (χ3v) is 4.80. The normalized spacial score (nSPS) is 14.2. The largest absolute Gasteiger partial charge is 0.326 e. The molecule has 2 aromatic rings. The minimum Gasteiger partial charge on any atom is -0.326 e. The van der Waals surface area contributed by atoms with Crippen LogP contribution in [0.25, 0.3) is 0 Å². The third kappa shape index (κ3) is 4.00. The van der Waals surface area contributed by atoms with E-state index in [0.29, 0.717) is 24.2 Å². The summed E-state index contributed by atoms with van der Waals surface area (Å²) in [5.74, 6) is -0.738. The van der Waals surface area contributed by atoms with Crippen LogP contribution in [0.1, 0.15) is 30.9 Å². The van der Waals surface area contributed by atoms with Gasteiger partial charge in [-0.05, 0) is 62.1 Å². The number of amides is 3. The zero-order chi connectivity index (χ0) is 19.6. The Morgan fingerprint density at radius 1 is 0.778 bits per heavy atom. The highest BCUT2D eigenvalue weighted by Crippen LogP contribution is 2.47. The van der Waals surface area contributed by atoms with E-state index in [-0.39, 0.29) is 17.7 Å². The lowest BCUT2D eigenvalue weighted by Gasteiger charge is -2.18. The molecule has 0 unspecified atom stereocenters. The van der Waals surface area contributed by atoms with E-state index < -0.39 is 5.41 Å². The Kier molecular flexibility index (Phi) is 4.99. The summed E-state index contributed by atoms with van der Waals surface area (Å²) in [6.07, 6.45) is 1.05. The first-order valence-electron chi connectivity index (χ1n) is 8.88. The number of anilines is 3. The van der Waals surface area contributed by atoms with Crippen LogP contribution in [0.3, 0.4) is 0 Å². The average Bonchev–Trinajstić information content (AvgIpc) is 3.41. The number of rotatable bonds is 5. The number of benzene rings is 2. The molecule has 1 aliphatic carbocycles. The van der Waals surface area contributed by atoms with Crippen LogP contribution in [0.4, 0.5) is 17.1 Å². The van der Waals surface area contributed by atoms with Gasteiger partial charge in [0.25, 0.3) is 0 Å². The Morgan fingerprint density at radius 3 is 1.74 bits per heavy atom. The van der Waals surface area contributed by atoms with Gasteiger partial charge in [0.15, 0.2) is 0 Å². The van der Waals surface area contributed by atoms with E-state index in [1.54, 1.807) is 24.3 Å². The second-order valence-corrected chi connectivity index (χ2v) is 7.02. The Labute approximate surface area is 158 Å². The predicted molar refractivity (Wildman–Crippen MR) is 106 cm³/mol. The summed E-state index contributed by atoms with van der Waals surface area (Å²) in [4.78, 5) is 36.6. The Balaban J connectivity index is 1.69. The molecule has 0 aromatic heterocycles. The van der Waals surface area contributed by atoms with Crippen LogP contribution < -0.4 is 16.0 Å². The predicted octanol–water partition coefficient (Wildman–Crippen LogP) is 3.62. The zero-order valence-corrected chi connectivity index (χ0v) is 15.7. The molecular formula is C21H23N3O3. The Morgan fingerprint density at radius 2 is 1.26 bits per heavy atom. The summed E-state index contributed by atoms with van der Waals surface area (Å²) >= 11 is 0. The van der Waals surface area contributed by atoms with Crippen molar-refractivity contribution in [3.63, 3.8) is 0 Å². The number of para-hydroxylation sites is 1. The van der Waals surface area contributed by atoms with Crippen LogP contribution in [-0.4, -0.2) is 17.7 Å². The highest BCUT2D eigenvalue weighted by molar-refractivity contribution is 6.17. The molecule has 0 atom stereocenters. The molecule has 3 N–H and O–H groups in total. The molecule has 3 rings (SSSR count). The summed E-state index contributed by atoms with van der Waals surface area (Å²) in [6, 6.07) is 12.6. The molecule has 0 spiro atoms. The fraction of sp³-hybridized carbons (Fsp3) is 0.286. The molecule has 0 saturated heterocycles. The molecular weight excluding hydrogens is 342 g/mol. The molecule has 0 radical (unpaired) electrons. The van der Waals surface area contributed by atoms with Crippen LogP contribution in [0.5, 0.6) is 0 Å². The summed E-state index contributed by atoms with van der Waals surface area (Å²) in [7, 11) is 0. The molecule has 6 heteroatoms. The van der Waals surface area contributed by atoms with E-state index in [0.717, 1.165) is 16.8 Å². The second kappa shape index (κ2) is 7.23. The Hall–Kier alpha value is -3.15. The quantitative estimate of drug-likeness (QED) is 0.707. The van der Waals surface area contributed by atoms with Crippen molar-refractivity contribution in [1.82, 2.24) is 0 Å². The van der Waals surface area contributed by atoms with Crippen molar-refractivity contribution in [3.8, 4) is 0 Å². The van der Waals surface area contributed by atoms with Gasteiger partial charge in [0, 0.05) is 24.0 Å². The molecule has 0 bridgehead atoms. The van der Waals surface area contributed by atoms with Gasteiger partial charge in [-0.2, -0.15) is 0 Å². The van der Waals surface area contributed by atoms with Crippen molar-refractivity contribution in [1.29, 1.82) is 0 Å². The fourth-order valence-electron chi connectivity index (χ4n) is 3.02. The number of aryl methyl sites for hydroxylation is 2. The number of carbonyl (C=O) groups excluding carboxylic acids is 3. The van der Waals surface area contributed by atoms with Crippen molar-refractivity contribution >= 4 is 34.8 Å². The number of nitrogens with one attached hydrogen (secondary N) is 3. The van der Waals surface area contributed by atoms with Gasteiger partial charge in [0.1, 0.15) is 5.41 Å². The average molecular weight is 365 g/mol. The van der Waals surface area contributed by atoms with Crippen molar-refractivity contribution in [2.24, 2.45) is 5.41 Å². The van der Waals surface area contributed by atoms with Gasteiger partial charge in [-0.15, -0.1) is 0 Å². The van der Waals surface area contributed by atoms with E-state index in [9.17, 15) is 14.4 Å². The minimum atomic E-state index is -1.02. The smallest absolute Gasteiger partial charge is 0.240 e. The molecule has 0 heterocycles. The van der Waals surface area contributed by atoms with Crippen molar-refractivity contribution in [3.05, 3.63) is 53.6 Å². The fourth-order valence-corrected chi connectivity index (χ4v) is 3.02. The van der Waals surface area contributed by atoms with Gasteiger partial charge >= 0.3 is 0 Å². The molecule has 27 heavy (non-hydrogen) atoms. The first kappa shape index (κ1) is 18.6. The van der Waals surface area contributed by atoms with E-state index in [2.05, 4.69) is 16.0 Å². The molecule has 1 fully saturated rings. The lowest BCUT2D eigenvalue weighted by atomic mass is 10.0. The zero-order valence-electron chi connectivity index (χ0n) is 15.7. The van der Waals surface area contributed by atoms with Gasteiger partial charge in [-0.1, -0.05) is 18.2 Å². The summed E-state index contributed by atoms with van der Waals surface area (Å²) in [5, 5.41) is 8.41. The van der Waals surface area contributed by atoms with Gasteiger partial charge in [0.05, 0.1) is 0 Å². The molecule has 2 aromatic carbocycles.